The van der Waals surface area contributed by atoms with Gasteiger partial charge in [0.15, 0.2) is 0 Å². The van der Waals surface area contributed by atoms with Crippen LogP contribution in [0.4, 0.5) is 0 Å². The third kappa shape index (κ3) is 215. The van der Waals surface area contributed by atoms with Crippen molar-refractivity contribution in [2.75, 3.05) is 0 Å². The van der Waals surface area contributed by atoms with Crippen LogP contribution in [-0.2, 0) is 20.4 Å². The zero-order chi connectivity index (χ0) is 8.99. The summed E-state index contributed by atoms with van der Waals surface area (Å²) >= 11 is 0. The summed E-state index contributed by atoms with van der Waals surface area (Å²) in [4.78, 5) is 24.4. The van der Waals surface area contributed by atoms with E-state index in [1.807, 2.05) is 0 Å². The Morgan fingerprint density at radius 2 is 1.18 bits per heavy atom. The molecule has 0 heterocycles. The van der Waals surface area contributed by atoms with Gasteiger partial charge in [-0.05, 0) is 0 Å². The van der Waals surface area contributed by atoms with Crippen molar-refractivity contribution in [3.05, 3.63) is 30.3 Å². The second-order valence-corrected chi connectivity index (χ2v) is 0.387. The van der Waals surface area contributed by atoms with Crippen molar-refractivity contribution in [2.24, 2.45) is 10.7 Å². The first kappa shape index (κ1) is 22.6. The largest absolute Gasteiger partial charge is 0.444 e. The van der Waals surface area contributed by atoms with Crippen LogP contribution in [0.5, 0.6) is 0 Å². The molecule has 0 unspecified atom stereocenters. The number of nitrogens with zero attached hydrogens (tertiary/aromatic N) is 3. The summed E-state index contributed by atoms with van der Waals surface area (Å²) in [7, 11) is 0. The fourth-order valence-corrected chi connectivity index (χ4v) is 0. The van der Waals surface area contributed by atoms with Crippen LogP contribution < -0.4 is 0 Å². The van der Waals surface area contributed by atoms with E-state index < -0.39 is 5.09 Å². The molecule has 0 spiro atoms. The molecule has 0 aromatic carbocycles. The van der Waals surface area contributed by atoms with Gasteiger partial charge in [0.05, 0.1) is 0 Å². The van der Waals surface area contributed by atoms with Gasteiger partial charge < -0.3 is 25.4 Å². The first-order valence-corrected chi connectivity index (χ1v) is 1.30. The fourth-order valence-electron chi connectivity index (χ4n) is 0. The molecule has 0 aliphatic rings. The molecule has 0 saturated heterocycles. The van der Waals surface area contributed by atoms with Crippen molar-refractivity contribution < 1.29 is 30.7 Å². The molecule has 0 radical (unpaired) electrons. The smallest absolute Gasteiger partial charge is 0.291 e. The van der Waals surface area contributed by atoms with Gasteiger partial charge in [-0.2, -0.15) is 0 Å². The Morgan fingerprint density at radius 3 is 1.18 bits per heavy atom. The van der Waals surface area contributed by atoms with E-state index in [4.69, 9.17) is 35.6 Å². The molecule has 11 heavy (non-hydrogen) atoms. The van der Waals surface area contributed by atoms with Gasteiger partial charge >= 0.3 is 0 Å². The first-order chi connectivity index (χ1) is 4.56. The first-order valence-electron chi connectivity index (χ1n) is 1.30. The maximum Gasteiger partial charge on any atom is 0.291 e. The Balaban J connectivity index is -0.0000000325. The van der Waals surface area contributed by atoms with E-state index in [-0.39, 0.29) is 20.4 Å². The molecule has 0 fully saturated rings. The molecular formula is HN3O7Pd-2. The fraction of sp³-hybridized carbons (Fsp3) is 0. The van der Waals surface area contributed by atoms with Gasteiger partial charge in [-0.25, -0.2) is 0 Å². The Bertz CT molecular complexity index is 81.7. The Morgan fingerprint density at radius 1 is 1.18 bits per heavy atom. The van der Waals surface area contributed by atoms with Crippen molar-refractivity contribution >= 4 is 0 Å². The molecule has 11 heteroatoms. The maximum atomic E-state index is 8.36. The van der Waals surface area contributed by atoms with E-state index in [1.165, 1.54) is 0 Å². The van der Waals surface area contributed by atoms with Crippen LogP contribution in [0.25, 0.3) is 0 Å². The van der Waals surface area contributed by atoms with Crippen LogP contribution >= 0.6 is 0 Å². The minimum atomic E-state index is -1.50. The standard InChI is InChI=1S/HNO3.2HNO2.Pd/c2-1(3)4;2*2-1-3;/h(H,2,3,4);2*(H,2,3);/p-2. The summed E-state index contributed by atoms with van der Waals surface area (Å²) < 4.78 is 0. The van der Waals surface area contributed by atoms with Crippen LogP contribution in [-0.4, -0.2) is 10.3 Å². The van der Waals surface area contributed by atoms with Crippen molar-refractivity contribution in [3.8, 4) is 0 Å². The van der Waals surface area contributed by atoms with Crippen LogP contribution in [0.15, 0.2) is 10.7 Å². The van der Waals surface area contributed by atoms with Crippen molar-refractivity contribution in [3.63, 3.8) is 0 Å². The topological polar surface area (TPSA) is 168 Å². The SMILES string of the molecule is O=N[O-].O=N[O-].O=[N+]([O-])O.[Pd]. The molecule has 0 atom stereocenters. The average Bonchev–Trinajstić information content (AvgIpc) is 1.65. The maximum absolute atomic E-state index is 8.36. The van der Waals surface area contributed by atoms with E-state index in [0.717, 1.165) is 10.7 Å². The van der Waals surface area contributed by atoms with E-state index in [1.54, 1.807) is 0 Å². The Kier molecular flexibility index (Phi) is 77.9. The molecule has 10 nitrogen and oxygen atoms in total. The monoisotopic (exact) mass is 261 g/mol. The van der Waals surface area contributed by atoms with Gasteiger partial charge in [-0.15, -0.1) is 20.8 Å². The van der Waals surface area contributed by atoms with Gasteiger partial charge in [0.1, 0.15) is 0 Å². The molecular weight excluding hydrogens is 260 g/mol. The molecule has 70 valence electrons. The molecule has 0 aromatic rings. The predicted molar refractivity (Wildman–Crippen MR) is 27.1 cm³/mol. The Labute approximate surface area is 72.5 Å². The second kappa shape index (κ2) is 37.9. The number of hydrogen-bond donors (Lipinski definition) is 1. The van der Waals surface area contributed by atoms with Gasteiger partial charge in [0.2, 0.25) is 0 Å². The van der Waals surface area contributed by atoms with Gasteiger partial charge in [0.25, 0.3) is 5.09 Å². The van der Waals surface area contributed by atoms with Crippen molar-refractivity contribution in [2.45, 2.75) is 0 Å². The molecule has 0 aliphatic heterocycles. The van der Waals surface area contributed by atoms with E-state index in [9.17, 15) is 0 Å². The van der Waals surface area contributed by atoms with Gasteiger partial charge in [-0.1, -0.05) is 0 Å². The summed E-state index contributed by atoms with van der Waals surface area (Å²) in [5.74, 6) is 0. The second-order valence-electron chi connectivity index (χ2n) is 0.387. The van der Waals surface area contributed by atoms with E-state index >= 15 is 0 Å². The third-order valence-electron chi connectivity index (χ3n) is 0. The van der Waals surface area contributed by atoms with Gasteiger partial charge in [0, 0.05) is 20.4 Å². The number of rotatable bonds is 0. The van der Waals surface area contributed by atoms with Crippen molar-refractivity contribution in [1.29, 1.82) is 0 Å². The zero-order valence-corrected chi connectivity index (χ0v) is 6.11. The molecule has 0 aromatic heterocycles. The van der Waals surface area contributed by atoms with E-state index in [2.05, 4.69) is 0 Å². The van der Waals surface area contributed by atoms with E-state index in [0.29, 0.717) is 0 Å². The molecule has 0 saturated carbocycles. The summed E-state index contributed by atoms with van der Waals surface area (Å²) in [6.45, 7) is 0. The molecule has 0 bridgehead atoms. The molecule has 0 rings (SSSR count). The quantitative estimate of drug-likeness (QED) is 0.280. The third-order valence-corrected chi connectivity index (χ3v) is 0. The van der Waals surface area contributed by atoms with Crippen LogP contribution in [0.3, 0.4) is 0 Å². The predicted octanol–water partition coefficient (Wildman–Crippen LogP) is 0.151. The zero-order valence-electron chi connectivity index (χ0n) is 4.55. The summed E-state index contributed by atoms with van der Waals surface area (Å²) in [5.41, 5.74) is 0. The van der Waals surface area contributed by atoms with Crippen LogP contribution in [0.2, 0.25) is 0 Å². The van der Waals surface area contributed by atoms with Crippen molar-refractivity contribution in [1.82, 2.24) is 0 Å². The number of hydrogen-bond acceptors (Lipinski definition) is 8. The van der Waals surface area contributed by atoms with Gasteiger partial charge in [-0.3, -0.25) is 0 Å². The summed E-state index contributed by atoms with van der Waals surface area (Å²) in [5, 5.41) is 31.6. The average molecular weight is 261 g/mol. The minimum Gasteiger partial charge on any atom is -0.444 e. The Hall–Kier alpha value is -1.34. The molecule has 1 N–H and O–H groups in total. The molecule has 0 amide bonds. The summed E-state index contributed by atoms with van der Waals surface area (Å²) in [6.07, 6.45) is 0. The minimum absolute atomic E-state index is 0. The van der Waals surface area contributed by atoms with Crippen LogP contribution in [0.1, 0.15) is 0 Å². The normalized spacial score (nSPS) is 4.36. The molecule has 0 aliphatic carbocycles. The summed E-state index contributed by atoms with van der Waals surface area (Å²) in [6, 6.07) is 0. The van der Waals surface area contributed by atoms with Crippen LogP contribution in [0, 0.1) is 30.3 Å².